The van der Waals surface area contributed by atoms with E-state index in [-0.39, 0.29) is 11.4 Å². The van der Waals surface area contributed by atoms with Crippen molar-refractivity contribution in [2.75, 3.05) is 36.4 Å². The Morgan fingerprint density at radius 2 is 1.82 bits per heavy atom. The number of halogens is 1. The summed E-state index contributed by atoms with van der Waals surface area (Å²) >= 11 is 0. The summed E-state index contributed by atoms with van der Waals surface area (Å²) in [4.78, 5) is 11.3. The Morgan fingerprint density at radius 3 is 2.54 bits per heavy atom. The fourth-order valence-corrected chi connectivity index (χ4v) is 4.52. The second-order valence-corrected chi connectivity index (χ2v) is 8.71. The monoisotopic (exact) mass is 407 g/mol. The molecule has 0 radical (unpaired) electrons. The van der Waals surface area contributed by atoms with Gasteiger partial charge in [-0.3, -0.25) is 0 Å². The molecule has 2 N–H and O–H groups in total. The van der Waals surface area contributed by atoms with E-state index in [0.29, 0.717) is 18.1 Å². The van der Waals surface area contributed by atoms with Crippen molar-refractivity contribution in [3.8, 4) is 0 Å². The van der Waals surface area contributed by atoms with Crippen LogP contribution < -0.4 is 14.9 Å². The number of anilines is 2. The molecule has 0 unspecified atom stereocenters. The van der Waals surface area contributed by atoms with Crippen LogP contribution in [0.25, 0.3) is 0 Å². The molecule has 152 valence electrons. The van der Waals surface area contributed by atoms with Crippen LogP contribution in [0.1, 0.15) is 30.5 Å². The minimum Gasteiger partial charge on any atom is -0.356 e. The van der Waals surface area contributed by atoms with Crippen LogP contribution in [-0.2, 0) is 10.0 Å². The third-order valence-corrected chi connectivity index (χ3v) is 6.27. The van der Waals surface area contributed by atoms with Gasteiger partial charge in [-0.1, -0.05) is 0 Å². The predicted molar refractivity (Wildman–Crippen MR) is 108 cm³/mol. The third kappa shape index (κ3) is 5.17. The number of benzene rings is 1. The predicted octanol–water partition coefficient (Wildman–Crippen LogP) is 2.61. The molecule has 1 aliphatic rings. The first-order valence-corrected chi connectivity index (χ1v) is 10.9. The van der Waals surface area contributed by atoms with Gasteiger partial charge in [0.25, 0.3) is 0 Å². The number of nitrogens with zero attached hydrogens (tertiary/aromatic N) is 3. The molecule has 1 aliphatic heterocycles. The minimum atomic E-state index is -3.70. The maximum atomic E-state index is 13.2. The number of nitrogens with one attached hydrogen (secondary N) is 2. The number of sulfonamides is 1. The lowest BCUT2D eigenvalue weighted by Crippen LogP contribution is -2.31. The lowest BCUT2D eigenvalue weighted by molar-refractivity contribution is 0.573. The van der Waals surface area contributed by atoms with E-state index in [0.717, 1.165) is 43.5 Å². The van der Waals surface area contributed by atoms with Crippen LogP contribution in [0.15, 0.2) is 29.2 Å². The van der Waals surface area contributed by atoms with Crippen LogP contribution in [0.3, 0.4) is 0 Å². The van der Waals surface area contributed by atoms with Gasteiger partial charge in [0.05, 0.1) is 4.90 Å². The van der Waals surface area contributed by atoms with Crippen molar-refractivity contribution in [1.82, 2.24) is 14.7 Å². The molecule has 3 rings (SSSR count). The normalized spacial score (nSPS) is 14.9. The van der Waals surface area contributed by atoms with Crippen LogP contribution in [-0.4, -0.2) is 44.6 Å². The van der Waals surface area contributed by atoms with Crippen LogP contribution in [0.5, 0.6) is 0 Å². The highest BCUT2D eigenvalue weighted by Gasteiger charge is 2.17. The van der Waals surface area contributed by atoms with Crippen molar-refractivity contribution in [2.45, 2.75) is 38.0 Å². The maximum absolute atomic E-state index is 13.2. The highest BCUT2D eigenvalue weighted by molar-refractivity contribution is 7.89. The molecule has 0 bridgehead atoms. The fraction of sp³-hybridized carbons (Fsp3) is 0.474. The summed E-state index contributed by atoms with van der Waals surface area (Å²) in [5.41, 5.74) is 1.23. The number of aryl methyl sites for hydroxylation is 2. The molecule has 0 spiro atoms. The van der Waals surface area contributed by atoms with E-state index in [9.17, 15) is 12.8 Å². The van der Waals surface area contributed by atoms with E-state index in [1.807, 2.05) is 13.0 Å². The summed E-state index contributed by atoms with van der Waals surface area (Å²) < 4.78 is 40.5. The van der Waals surface area contributed by atoms with Gasteiger partial charge < -0.3 is 10.2 Å². The van der Waals surface area contributed by atoms with Crippen LogP contribution in [0.2, 0.25) is 0 Å². The SMILES string of the molecule is Cc1cc(N2CCCCC2)nc(NCCNS(=O)(=O)c2ccc(F)cc2C)n1. The number of hydrogen-bond acceptors (Lipinski definition) is 6. The van der Waals surface area contributed by atoms with Gasteiger partial charge in [0.1, 0.15) is 11.6 Å². The van der Waals surface area contributed by atoms with Gasteiger partial charge >= 0.3 is 0 Å². The lowest BCUT2D eigenvalue weighted by Gasteiger charge is -2.28. The summed E-state index contributed by atoms with van der Waals surface area (Å²) in [5, 5.41) is 3.08. The van der Waals surface area contributed by atoms with Crippen molar-refractivity contribution in [3.63, 3.8) is 0 Å². The molecule has 0 atom stereocenters. The van der Waals surface area contributed by atoms with E-state index in [1.165, 1.54) is 18.6 Å². The van der Waals surface area contributed by atoms with Gasteiger partial charge in [0.15, 0.2) is 0 Å². The smallest absolute Gasteiger partial charge is 0.240 e. The van der Waals surface area contributed by atoms with Crippen molar-refractivity contribution in [1.29, 1.82) is 0 Å². The van der Waals surface area contributed by atoms with Crippen LogP contribution in [0, 0.1) is 19.7 Å². The highest BCUT2D eigenvalue weighted by atomic mass is 32.2. The van der Waals surface area contributed by atoms with E-state index < -0.39 is 15.8 Å². The summed E-state index contributed by atoms with van der Waals surface area (Å²) in [6.45, 7) is 5.97. The molecule has 9 heteroatoms. The standard InChI is InChI=1S/C19H26FN5O2S/c1-14-12-16(20)6-7-17(14)28(26,27)22-9-8-21-19-23-15(2)13-18(24-19)25-10-4-3-5-11-25/h6-7,12-13,22H,3-5,8-11H2,1-2H3,(H,21,23,24). The first-order chi connectivity index (χ1) is 13.3. The zero-order valence-corrected chi connectivity index (χ0v) is 17.0. The molecule has 1 saturated heterocycles. The van der Waals surface area contributed by atoms with Crippen molar-refractivity contribution in [2.24, 2.45) is 0 Å². The van der Waals surface area contributed by atoms with Crippen molar-refractivity contribution >= 4 is 21.8 Å². The van der Waals surface area contributed by atoms with E-state index in [4.69, 9.17) is 0 Å². The Hall–Kier alpha value is -2.26. The molecular weight excluding hydrogens is 381 g/mol. The van der Waals surface area contributed by atoms with Crippen molar-refractivity contribution < 1.29 is 12.8 Å². The Labute approximate surface area is 165 Å². The highest BCUT2D eigenvalue weighted by Crippen LogP contribution is 2.19. The third-order valence-electron chi connectivity index (χ3n) is 4.65. The zero-order chi connectivity index (χ0) is 20.1. The summed E-state index contributed by atoms with van der Waals surface area (Å²) in [6.07, 6.45) is 3.58. The summed E-state index contributed by atoms with van der Waals surface area (Å²) in [6, 6.07) is 5.59. The summed E-state index contributed by atoms with van der Waals surface area (Å²) in [5.74, 6) is 0.925. The van der Waals surface area contributed by atoms with Crippen LogP contribution >= 0.6 is 0 Å². The molecule has 0 aliphatic carbocycles. The van der Waals surface area contributed by atoms with Gasteiger partial charge in [0, 0.05) is 37.9 Å². The maximum Gasteiger partial charge on any atom is 0.240 e. The molecule has 0 amide bonds. The largest absolute Gasteiger partial charge is 0.356 e. The molecule has 0 saturated carbocycles. The average Bonchev–Trinajstić information content (AvgIpc) is 2.65. The molecule has 2 aromatic rings. The second-order valence-electron chi connectivity index (χ2n) is 6.97. The number of rotatable bonds is 7. The van der Waals surface area contributed by atoms with Gasteiger partial charge in [-0.05, 0) is 56.9 Å². The molecule has 1 aromatic carbocycles. The Bertz CT molecular complexity index is 930. The second kappa shape index (κ2) is 8.83. The lowest BCUT2D eigenvalue weighted by atomic mass is 10.1. The molecule has 28 heavy (non-hydrogen) atoms. The Kier molecular flexibility index (Phi) is 6.46. The van der Waals surface area contributed by atoms with Gasteiger partial charge in [-0.25, -0.2) is 22.5 Å². The molecule has 7 nitrogen and oxygen atoms in total. The fourth-order valence-electron chi connectivity index (χ4n) is 3.27. The van der Waals surface area contributed by atoms with E-state index >= 15 is 0 Å². The van der Waals surface area contributed by atoms with Crippen molar-refractivity contribution in [3.05, 3.63) is 41.3 Å². The van der Waals surface area contributed by atoms with Gasteiger partial charge in [-0.2, -0.15) is 4.98 Å². The van der Waals surface area contributed by atoms with E-state index in [1.54, 1.807) is 6.92 Å². The first-order valence-electron chi connectivity index (χ1n) is 9.45. The quantitative estimate of drug-likeness (QED) is 0.686. The molecular formula is C19H26FN5O2S. The molecule has 1 fully saturated rings. The minimum absolute atomic E-state index is 0.0769. The number of aromatic nitrogens is 2. The first kappa shape index (κ1) is 20.5. The van der Waals surface area contributed by atoms with E-state index in [2.05, 4.69) is 24.9 Å². The van der Waals surface area contributed by atoms with Gasteiger partial charge in [-0.15, -0.1) is 0 Å². The molecule has 2 heterocycles. The number of piperidine rings is 1. The zero-order valence-electron chi connectivity index (χ0n) is 16.2. The number of hydrogen-bond donors (Lipinski definition) is 2. The topological polar surface area (TPSA) is 87.2 Å². The summed E-state index contributed by atoms with van der Waals surface area (Å²) in [7, 11) is -3.70. The Morgan fingerprint density at radius 1 is 1.07 bits per heavy atom. The average molecular weight is 408 g/mol. The van der Waals surface area contributed by atoms with Gasteiger partial charge in [0.2, 0.25) is 16.0 Å². The molecule has 1 aromatic heterocycles. The Balaban J connectivity index is 1.58. The van der Waals surface area contributed by atoms with Crippen LogP contribution in [0.4, 0.5) is 16.2 Å².